The Bertz CT molecular complexity index is 1800. The fourth-order valence-electron chi connectivity index (χ4n) is 5.26. The lowest BCUT2D eigenvalue weighted by atomic mass is 9.94. The molecule has 1 aliphatic heterocycles. The lowest BCUT2D eigenvalue weighted by Crippen LogP contribution is -2.43. The Morgan fingerprint density at radius 2 is 1.73 bits per heavy atom. The van der Waals surface area contributed by atoms with Crippen molar-refractivity contribution in [2.75, 3.05) is 24.6 Å². The average molecular weight is 688 g/mol. The quantitative estimate of drug-likeness (QED) is 0.0979. The first-order valence-corrected chi connectivity index (χ1v) is 17.0. The molecule has 1 unspecified atom stereocenters. The van der Waals surface area contributed by atoms with Crippen molar-refractivity contribution < 1.29 is 27.8 Å². The molecular formula is C39H40F3N3O3S. The zero-order chi connectivity index (χ0) is 35.4. The Labute approximate surface area is 290 Å². The molecule has 1 N–H and O–H groups in total. The van der Waals surface area contributed by atoms with Crippen molar-refractivity contribution in [2.45, 2.75) is 64.8 Å². The summed E-state index contributed by atoms with van der Waals surface area (Å²) in [6, 6.07) is 21.5. The van der Waals surface area contributed by atoms with E-state index in [4.69, 9.17) is 16.0 Å². The number of alkyl halides is 3. The van der Waals surface area contributed by atoms with Crippen LogP contribution in [-0.2, 0) is 11.3 Å². The molecule has 3 aromatic rings. The van der Waals surface area contributed by atoms with Crippen molar-refractivity contribution in [3.05, 3.63) is 122 Å². The molecule has 0 aliphatic carbocycles. The number of ether oxygens (including phenoxy) is 2. The number of hydrogen-bond donors (Lipinski definition) is 1. The molecule has 0 bridgehead atoms. The number of halogens is 3. The second kappa shape index (κ2) is 17.1. The van der Waals surface area contributed by atoms with Crippen molar-refractivity contribution >= 4 is 35.3 Å². The predicted octanol–water partition coefficient (Wildman–Crippen LogP) is 10.2. The minimum atomic E-state index is -4.81. The topological polar surface area (TPSA) is 70.1 Å². The zero-order valence-corrected chi connectivity index (χ0v) is 28.7. The first-order valence-electron chi connectivity index (χ1n) is 16.2. The van der Waals surface area contributed by atoms with Gasteiger partial charge in [0.2, 0.25) is 11.3 Å². The number of anilines is 1. The van der Waals surface area contributed by atoms with E-state index in [1.54, 1.807) is 12.1 Å². The number of benzene rings is 2. The maximum atomic E-state index is 14.2. The fraction of sp³-hybridized carbons (Fsp3) is 0.333. The number of allylic oxidation sites excluding steroid dienone is 1. The zero-order valence-electron chi connectivity index (χ0n) is 27.9. The van der Waals surface area contributed by atoms with Gasteiger partial charge in [0.1, 0.15) is 18.1 Å². The van der Waals surface area contributed by atoms with Gasteiger partial charge in [0.15, 0.2) is 0 Å². The lowest BCUT2D eigenvalue weighted by Gasteiger charge is -2.29. The van der Waals surface area contributed by atoms with Crippen LogP contribution in [0.1, 0.15) is 67.3 Å². The lowest BCUT2D eigenvalue weighted by molar-refractivity contribution is -0.236. The average Bonchev–Trinajstić information content (AvgIpc) is 3.68. The highest BCUT2D eigenvalue weighted by Gasteiger charge is 2.60. The van der Waals surface area contributed by atoms with Crippen LogP contribution in [0.2, 0.25) is 0 Å². The molecule has 49 heavy (non-hydrogen) atoms. The van der Waals surface area contributed by atoms with Crippen LogP contribution < -0.4 is 9.64 Å². The highest BCUT2D eigenvalue weighted by Crippen LogP contribution is 2.50. The first-order chi connectivity index (χ1) is 23.5. The van der Waals surface area contributed by atoms with E-state index < -0.39 is 11.8 Å². The van der Waals surface area contributed by atoms with E-state index in [0.717, 1.165) is 73.1 Å². The summed E-state index contributed by atoms with van der Waals surface area (Å²) < 4.78 is 54.2. The third kappa shape index (κ3) is 9.23. The van der Waals surface area contributed by atoms with Gasteiger partial charge in [-0.3, -0.25) is 0 Å². The van der Waals surface area contributed by atoms with E-state index in [9.17, 15) is 23.5 Å². The van der Waals surface area contributed by atoms with E-state index in [1.165, 1.54) is 30.4 Å². The standard InChI is InChI=1S/C39H40F3N3O3S/c1-5-6-22-45(23-10-11-24-46)31-16-14-30(35(25-31)47-27-29-12-8-7-9-13-29)15-17-32-18-19-33(49-32)20-21-34-36(44-4)37(28(2)26-43)48-38(34,3)39(40,41)42/h7-9,12-21,25,46H,5-6,10-11,22-24,27H2,1-3H3/b17-15+,21-20+,37-28+. The summed E-state index contributed by atoms with van der Waals surface area (Å²) in [5.41, 5.74) is -0.547. The third-order valence-electron chi connectivity index (χ3n) is 8.16. The summed E-state index contributed by atoms with van der Waals surface area (Å²) in [4.78, 5) is 7.19. The third-order valence-corrected chi connectivity index (χ3v) is 9.17. The van der Waals surface area contributed by atoms with Crippen LogP contribution in [0, 0.1) is 17.9 Å². The molecular weight excluding hydrogens is 648 g/mol. The van der Waals surface area contributed by atoms with Gasteiger partial charge in [-0.05, 0) is 81.2 Å². The molecule has 1 atom stereocenters. The molecule has 1 aromatic heterocycles. The minimum absolute atomic E-state index is 0.0936. The summed E-state index contributed by atoms with van der Waals surface area (Å²) in [7, 11) is 0. The van der Waals surface area contributed by atoms with Gasteiger partial charge in [0, 0.05) is 52.3 Å². The van der Waals surface area contributed by atoms with Gasteiger partial charge >= 0.3 is 6.18 Å². The van der Waals surface area contributed by atoms with Crippen molar-refractivity contribution in [3.8, 4) is 11.8 Å². The molecule has 6 nitrogen and oxygen atoms in total. The van der Waals surface area contributed by atoms with Gasteiger partial charge in [0.25, 0.3) is 0 Å². The molecule has 2 heterocycles. The van der Waals surface area contributed by atoms with E-state index in [1.807, 2.05) is 54.6 Å². The summed E-state index contributed by atoms with van der Waals surface area (Å²) in [5.74, 6) is 0.377. The van der Waals surface area contributed by atoms with Gasteiger partial charge < -0.3 is 19.5 Å². The van der Waals surface area contributed by atoms with Crippen molar-refractivity contribution in [1.29, 1.82) is 5.26 Å². The van der Waals surface area contributed by atoms with Crippen LogP contribution in [0.4, 0.5) is 18.9 Å². The molecule has 10 heteroatoms. The summed E-state index contributed by atoms with van der Waals surface area (Å²) in [5, 5.41) is 18.6. The second-order valence-corrected chi connectivity index (χ2v) is 12.9. The van der Waals surface area contributed by atoms with E-state index in [2.05, 4.69) is 28.8 Å². The molecule has 0 fully saturated rings. The molecule has 0 radical (unpaired) electrons. The van der Waals surface area contributed by atoms with E-state index >= 15 is 0 Å². The maximum absolute atomic E-state index is 14.2. The maximum Gasteiger partial charge on any atom is 0.430 e. The molecule has 1 aliphatic rings. The number of thiophene rings is 1. The first kappa shape index (κ1) is 37.1. The van der Waals surface area contributed by atoms with Crippen LogP contribution in [0.15, 0.2) is 89.3 Å². The number of aliphatic hydroxyl groups excluding tert-OH is 1. The summed E-state index contributed by atoms with van der Waals surface area (Å²) in [6.45, 7) is 14.2. The van der Waals surface area contributed by atoms with E-state index in [0.29, 0.717) is 11.5 Å². The number of nitrogens with zero attached hydrogens (tertiary/aromatic N) is 3. The summed E-state index contributed by atoms with van der Waals surface area (Å²) >= 11 is 1.38. The second-order valence-electron chi connectivity index (χ2n) is 11.7. The van der Waals surface area contributed by atoms with Crippen molar-refractivity contribution in [2.24, 2.45) is 0 Å². The van der Waals surface area contributed by atoms with Gasteiger partial charge in [-0.25, -0.2) is 4.85 Å². The van der Waals surface area contributed by atoms with Crippen LogP contribution in [0.5, 0.6) is 5.75 Å². The van der Waals surface area contributed by atoms with Crippen LogP contribution in [-0.4, -0.2) is 36.6 Å². The molecule has 0 spiro atoms. The molecule has 2 aromatic carbocycles. The summed E-state index contributed by atoms with van der Waals surface area (Å²) in [6.07, 6.45) is 5.61. The highest BCUT2D eigenvalue weighted by atomic mass is 32.1. The number of rotatable bonds is 15. The van der Waals surface area contributed by atoms with Crippen molar-refractivity contribution in [3.63, 3.8) is 0 Å². The predicted molar refractivity (Wildman–Crippen MR) is 190 cm³/mol. The fourth-order valence-corrected chi connectivity index (χ4v) is 6.07. The van der Waals surface area contributed by atoms with Gasteiger partial charge in [-0.1, -0.05) is 49.8 Å². The molecule has 0 saturated heterocycles. The largest absolute Gasteiger partial charge is 0.488 e. The van der Waals surface area contributed by atoms with E-state index in [-0.39, 0.29) is 29.2 Å². The minimum Gasteiger partial charge on any atom is -0.488 e. The Kier molecular flexibility index (Phi) is 12.9. The number of hydrogen-bond acceptors (Lipinski definition) is 6. The Morgan fingerprint density at radius 3 is 2.37 bits per heavy atom. The van der Waals surface area contributed by atoms with Crippen molar-refractivity contribution in [1.82, 2.24) is 0 Å². The Morgan fingerprint density at radius 1 is 1.04 bits per heavy atom. The number of aliphatic hydroxyl groups is 1. The molecule has 256 valence electrons. The Balaban J connectivity index is 1.62. The van der Waals surface area contributed by atoms with Gasteiger partial charge in [-0.2, -0.15) is 18.4 Å². The van der Waals surface area contributed by atoms with Crippen LogP contribution in [0.3, 0.4) is 0 Å². The normalized spacial score (nSPS) is 17.3. The number of nitriles is 1. The van der Waals surface area contributed by atoms with Crippen LogP contribution in [0.25, 0.3) is 23.1 Å². The van der Waals surface area contributed by atoms with Gasteiger partial charge in [0.05, 0.1) is 18.2 Å². The Hall–Kier alpha value is -4.77. The smallest absolute Gasteiger partial charge is 0.430 e. The monoisotopic (exact) mass is 687 g/mol. The molecule has 4 rings (SSSR count). The highest BCUT2D eigenvalue weighted by molar-refractivity contribution is 7.13. The SMILES string of the molecule is [C-]#[N+]C1=C(/C=C/c2ccc(/C=C/c3ccc(N(CCCC)CCCCO)cc3OCc3ccccc3)s2)C(C)(C(F)(F)F)O/C1=C(\C)C#N. The van der Waals surface area contributed by atoms with Crippen LogP contribution >= 0.6 is 11.3 Å². The molecule has 0 amide bonds. The van der Waals surface area contributed by atoms with Gasteiger partial charge in [-0.15, -0.1) is 11.3 Å². The molecule has 0 saturated carbocycles. The number of unbranched alkanes of at least 4 members (excludes halogenated alkanes) is 2.